The fourth-order valence-electron chi connectivity index (χ4n) is 5.18. The van der Waals surface area contributed by atoms with E-state index >= 15 is 0 Å². The molecule has 1 fully saturated rings. The lowest BCUT2D eigenvalue weighted by Crippen LogP contribution is -2.28. The maximum Gasteiger partial charge on any atom is 0.252 e. The van der Waals surface area contributed by atoms with E-state index in [0.717, 1.165) is 49.0 Å². The Morgan fingerprint density at radius 1 is 1.03 bits per heavy atom. The molecule has 0 spiro atoms. The van der Waals surface area contributed by atoms with Crippen LogP contribution in [0.4, 0.5) is 0 Å². The number of carbonyl (C=O) groups excluding carboxylic acids is 1. The summed E-state index contributed by atoms with van der Waals surface area (Å²) in [5.74, 6) is -1.37. The number of amides is 1. The summed E-state index contributed by atoms with van der Waals surface area (Å²) < 4.78 is 0. The number of benzene rings is 2. The van der Waals surface area contributed by atoms with Gasteiger partial charge in [0, 0.05) is 11.6 Å². The molecule has 0 radical (unpaired) electrons. The van der Waals surface area contributed by atoms with E-state index in [-0.39, 0.29) is 17.4 Å². The van der Waals surface area contributed by atoms with Crippen LogP contribution in [0.15, 0.2) is 30.3 Å². The van der Waals surface area contributed by atoms with Crippen molar-refractivity contribution in [3.8, 4) is 22.6 Å². The second kappa shape index (κ2) is 11.4. The van der Waals surface area contributed by atoms with Crippen LogP contribution in [0.5, 0.6) is 11.5 Å². The van der Waals surface area contributed by atoms with Gasteiger partial charge < -0.3 is 15.9 Å². The summed E-state index contributed by atoms with van der Waals surface area (Å²) in [5.41, 5.74) is 8.75. The topological polar surface area (TPSA) is 86.8 Å². The zero-order valence-corrected chi connectivity index (χ0v) is 19.6. The maximum atomic E-state index is 12.4. The first-order valence-electron chi connectivity index (χ1n) is 12.1. The summed E-state index contributed by atoms with van der Waals surface area (Å²) in [6, 6.07) is 9.53. The fraction of sp³-hybridized carbons (Fsp3) is 0.519. The SMILES string of the molecule is CCCCCCCCCN1CCCC1c1c(C)c(-c2ccccc2)c(O)c(O)c1C(N)=O. The Morgan fingerprint density at radius 2 is 1.69 bits per heavy atom. The molecule has 0 aliphatic carbocycles. The summed E-state index contributed by atoms with van der Waals surface area (Å²) >= 11 is 0. The van der Waals surface area contributed by atoms with Gasteiger partial charge in [-0.05, 0) is 56.0 Å². The second-order valence-corrected chi connectivity index (χ2v) is 9.03. The summed E-state index contributed by atoms with van der Waals surface area (Å²) in [6.07, 6.45) is 10.8. The van der Waals surface area contributed by atoms with Gasteiger partial charge in [-0.3, -0.25) is 9.69 Å². The molecule has 5 heteroatoms. The predicted octanol–water partition coefficient (Wildman–Crippen LogP) is 6.06. The van der Waals surface area contributed by atoms with Gasteiger partial charge in [-0.2, -0.15) is 0 Å². The van der Waals surface area contributed by atoms with E-state index in [2.05, 4.69) is 11.8 Å². The Hall–Kier alpha value is -2.53. The number of phenols is 2. The van der Waals surface area contributed by atoms with Crippen LogP contribution in [0.25, 0.3) is 11.1 Å². The molecule has 0 aromatic heterocycles. The van der Waals surface area contributed by atoms with Gasteiger partial charge in [0.05, 0.1) is 5.56 Å². The fourth-order valence-corrected chi connectivity index (χ4v) is 5.18. The van der Waals surface area contributed by atoms with Crippen molar-refractivity contribution in [1.29, 1.82) is 0 Å². The van der Waals surface area contributed by atoms with Crippen molar-refractivity contribution in [1.82, 2.24) is 4.90 Å². The van der Waals surface area contributed by atoms with E-state index < -0.39 is 11.7 Å². The molecule has 5 nitrogen and oxygen atoms in total. The molecule has 1 heterocycles. The van der Waals surface area contributed by atoms with Crippen LogP contribution in [-0.2, 0) is 0 Å². The van der Waals surface area contributed by atoms with E-state index in [1.54, 1.807) is 0 Å². The van der Waals surface area contributed by atoms with Gasteiger partial charge in [-0.1, -0.05) is 75.8 Å². The molecule has 2 aromatic carbocycles. The number of phenolic OH excluding ortho intramolecular Hbond substituents is 1. The molecule has 1 aliphatic heterocycles. The molecule has 1 saturated heterocycles. The van der Waals surface area contributed by atoms with Crippen LogP contribution >= 0.6 is 0 Å². The number of carbonyl (C=O) groups is 1. The molecular formula is C27H38N2O3. The number of hydrogen-bond donors (Lipinski definition) is 3. The lowest BCUT2D eigenvalue weighted by atomic mass is 9.86. The standard InChI is InChI=1S/C27H38N2O3/c1-3-4-5-6-7-8-12-17-29-18-13-16-21(29)23-19(2)22(20-14-10-9-11-15-20)25(30)26(31)24(23)27(28)32/h9-11,14-15,21,30-31H,3-8,12-13,16-18H2,1-2H3,(H2,28,32). The highest BCUT2D eigenvalue weighted by molar-refractivity contribution is 6.00. The third-order valence-electron chi connectivity index (χ3n) is 6.80. The lowest BCUT2D eigenvalue weighted by Gasteiger charge is -2.29. The summed E-state index contributed by atoms with van der Waals surface area (Å²) in [5, 5.41) is 21.6. The summed E-state index contributed by atoms with van der Waals surface area (Å²) in [6.45, 7) is 6.10. The Balaban J connectivity index is 1.88. The third kappa shape index (κ3) is 5.26. The number of unbranched alkanes of at least 4 members (excludes halogenated alkanes) is 6. The van der Waals surface area contributed by atoms with Crippen molar-refractivity contribution in [2.45, 2.75) is 77.7 Å². The van der Waals surface area contributed by atoms with Gasteiger partial charge in [-0.15, -0.1) is 0 Å². The highest BCUT2D eigenvalue weighted by Gasteiger charge is 2.34. The lowest BCUT2D eigenvalue weighted by molar-refractivity contribution is 0.0993. The van der Waals surface area contributed by atoms with Crippen molar-refractivity contribution in [2.75, 3.05) is 13.1 Å². The number of nitrogens with two attached hydrogens (primary N) is 1. The number of nitrogens with zero attached hydrogens (tertiary/aromatic N) is 1. The molecule has 32 heavy (non-hydrogen) atoms. The van der Waals surface area contributed by atoms with E-state index in [9.17, 15) is 15.0 Å². The third-order valence-corrected chi connectivity index (χ3v) is 6.80. The van der Waals surface area contributed by atoms with Crippen LogP contribution in [0.3, 0.4) is 0 Å². The first-order valence-corrected chi connectivity index (χ1v) is 12.1. The summed E-state index contributed by atoms with van der Waals surface area (Å²) in [4.78, 5) is 14.8. The van der Waals surface area contributed by atoms with Crippen molar-refractivity contribution in [2.24, 2.45) is 5.73 Å². The van der Waals surface area contributed by atoms with Crippen LogP contribution in [0.2, 0.25) is 0 Å². The molecule has 1 aliphatic rings. The van der Waals surface area contributed by atoms with E-state index in [0.29, 0.717) is 5.56 Å². The average Bonchev–Trinajstić information content (AvgIpc) is 3.24. The monoisotopic (exact) mass is 438 g/mol. The normalized spacial score (nSPS) is 16.5. The van der Waals surface area contributed by atoms with E-state index in [4.69, 9.17) is 5.73 Å². The predicted molar refractivity (Wildman–Crippen MR) is 130 cm³/mol. The van der Waals surface area contributed by atoms with Crippen molar-refractivity contribution < 1.29 is 15.0 Å². The molecule has 2 aromatic rings. The Kier molecular flexibility index (Phi) is 8.57. The highest BCUT2D eigenvalue weighted by atomic mass is 16.3. The van der Waals surface area contributed by atoms with Crippen molar-refractivity contribution >= 4 is 5.91 Å². The highest BCUT2D eigenvalue weighted by Crippen LogP contribution is 2.48. The number of hydrogen-bond acceptors (Lipinski definition) is 4. The smallest absolute Gasteiger partial charge is 0.252 e. The van der Waals surface area contributed by atoms with Gasteiger partial charge in [-0.25, -0.2) is 0 Å². The summed E-state index contributed by atoms with van der Waals surface area (Å²) in [7, 11) is 0. The first kappa shape index (κ1) is 24.1. The van der Waals surface area contributed by atoms with Crippen molar-refractivity contribution in [3.05, 3.63) is 47.0 Å². The average molecular weight is 439 g/mol. The minimum Gasteiger partial charge on any atom is -0.504 e. The first-order chi connectivity index (χ1) is 15.5. The minimum atomic E-state index is -0.696. The number of likely N-dealkylation sites (tertiary alicyclic amines) is 1. The molecule has 1 unspecified atom stereocenters. The Bertz CT molecular complexity index is 911. The molecule has 4 N–H and O–H groups in total. The van der Waals surface area contributed by atoms with Gasteiger partial charge in [0.2, 0.25) is 0 Å². The van der Waals surface area contributed by atoms with Gasteiger partial charge in [0.25, 0.3) is 5.91 Å². The van der Waals surface area contributed by atoms with Crippen molar-refractivity contribution in [3.63, 3.8) is 0 Å². The zero-order valence-electron chi connectivity index (χ0n) is 19.6. The molecule has 3 rings (SSSR count). The molecule has 1 amide bonds. The minimum absolute atomic E-state index is 0.0200. The van der Waals surface area contributed by atoms with Crippen LogP contribution in [-0.4, -0.2) is 34.1 Å². The van der Waals surface area contributed by atoms with Gasteiger partial charge in [0.1, 0.15) is 0 Å². The molecule has 0 bridgehead atoms. The number of aromatic hydroxyl groups is 2. The molecular weight excluding hydrogens is 400 g/mol. The van der Waals surface area contributed by atoms with Gasteiger partial charge >= 0.3 is 0 Å². The number of rotatable bonds is 11. The van der Waals surface area contributed by atoms with Crippen LogP contribution in [0, 0.1) is 6.92 Å². The number of primary amides is 1. The Labute approximate surface area is 192 Å². The van der Waals surface area contributed by atoms with Crippen LogP contribution < -0.4 is 5.73 Å². The zero-order chi connectivity index (χ0) is 23.1. The molecule has 174 valence electrons. The second-order valence-electron chi connectivity index (χ2n) is 9.03. The maximum absolute atomic E-state index is 12.4. The van der Waals surface area contributed by atoms with E-state index in [1.165, 1.54) is 38.5 Å². The Morgan fingerprint density at radius 3 is 2.34 bits per heavy atom. The quantitative estimate of drug-likeness (QED) is 0.294. The van der Waals surface area contributed by atoms with E-state index in [1.807, 2.05) is 37.3 Å². The molecule has 1 atom stereocenters. The molecule has 0 saturated carbocycles. The van der Waals surface area contributed by atoms with Crippen LogP contribution in [0.1, 0.15) is 92.2 Å². The van der Waals surface area contributed by atoms with Gasteiger partial charge in [0.15, 0.2) is 11.5 Å². The largest absolute Gasteiger partial charge is 0.504 e.